The molecule has 6 nitrogen and oxygen atoms in total. The third-order valence-electron chi connectivity index (χ3n) is 5.90. The lowest BCUT2D eigenvalue weighted by molar-refractivity contribution is -0.139. The van der Waals surface area contributed by atoms with Crippen LogP contribution in [0.3, 0.4) is 0 Å². The van der Waals surface area contributed by atoms with Gasteiger partial charge in [0.25, 0.3) is 0 Å². The number of aryl methyl sites for hydroxylation is 1. The van der Waals surface area contributed by atoms with Crippen LogP contribution < -0.4 is 0 Å². The Morgan fingerprint density at radius 3 is 2.96 bits per heavy atom. The molecule has 2 saturated heterocycles. The van der Waals surface area contributed by atoms with Crippen LogP contribution in [-0.4, -0.2) is 65.2 Å². The van der Waals surface area contributed by atoms with Crippen LogP contribution >= 0.6 is 0 Å². The number of carbonyl (C=O) groups excluding carboxylic acids is 1. The van der Waals surface area contributed by atoms with E-state index < -0.39 is 0 Å². The van der Waals surface area contributed by atoms with E-state index in [2.05, 4.69) is 32.5 Å². The van der Waals surface area contributed by atoms with Crippen molar-refractivity contribution >= 4 is 5.91 Å². The minimum atomic E-state index is 0.265. The van der Waals surface area contributed by atoms with E-state index in [1.54, 1.807) is 7.11 Å². The van der Waals surface area contributed by atoms with Gasteiger partial charge in [-0.05, 0) is 38.6 Å². The van der Waals surface area contributed by atoms with Crippen LogP contribution in [0.5, 0.6) is 0 Å². The predicted octanol–water partition coefficient (Wildman–Crippen LogP) is 2.53. The van der Waals surface area contributed by atoms with E-state index in [1.807, 2.05) is 6.20 Å². The number of carbonyl (C=O) groups is 1. The average molecular weight is 363 g/mol. The third kappa shape index (κ3) is 4.65. The molecule has 0 N–H and O–H groups in total. The molecule has 26 heavy (non-hydrogen) atoms. The molecule has 0 unspecified atom stereocenters. The Balaban J connectivity index is 1.61. The summed E-state index contributed by atoms with van der Waals surface area (Å²) in [6.07, 6.45) is 10.3. The number of nitrogens with zero attached hydrogens (tertiary/aromatic N) is 4. The van der Waals surface area contributed by atoms with Crippen LogP contribution in [0.2, 0.25) is 0 Å². The zero-order valence-corrected chi connectivity index (χ0v) is 16.5. The summed E-state index contributed by atoms with van der Waals surface area (Å²) in [5.41, 5.74) is 0.265. The molecule has 0 saturated carbocycles. The summed E-state index contributed by atoms with van der Waals surface area (Å²) in [6.45, 7) is 8.85. The molecule has 1 amide bonds. The molecule has 1 spiro atoms. The van der Waals surface area contributed by atoms with Gasteiger partial charge < -0.3 is 14.2 Å². The monoisotopic (exact) mass is 362 g/mol. The first-order chi connectivity index (χ1) is 12.7. The molecule has 0 aliphatic carbocycles. The SMILES string of the molecule is CCCn1ccnc1CN1CCC[C@@]2(CCC(=O)N(CCCOC)C2)C1. The largest absolute Gasteiger partial charge is 0.385 e. The molecule has 1 aromatic heterocycles. The van der Waals surface area contributed by atoms with Gasteiger partial charge in [0.15, 0.2) is 0 Å². The molecule has 2 aliphatic rings. The van der Waals surface area contributed by atoms with E-state index in [9.17, 15) is 4.79 Å². The Bertz CT molecular complexity index is 588. The second kappa shape index (κ2) is 9.00. The summed E-state index contributed by atoms with van der Waals surface area (Å²) >= 11 is 0. The van der Waals surface area contributed by atoms with Gasteiger partial charge in [0.05, 0.1) is 6.54 Å². The molecule has 146 valence electrons. The van der Waals surface area contributed by atoms with Crippen LogP contribution in [0.25, 0.3) is 0 Å². The summed E-state index contributed by atoms with van der Waals surface area (Å²) in [6, 6.07) is 0. The van der Waals surface area contributed by atoms with Crippen molar-refractivity contribution in [2.24, 2.45) is 5.41 Å². The summed E-state index contributed by atoms with van der Waals surface area (Å²) < 4.78 is 7.44. The van der Waals surface area contributed by atoms with Crippen molar-refractivity contribution in [3.05, 3.63) is 18.2 Å². The Hall–Kier alpha value is -1.40. The van der Waals surface area contributed by atoms with Gasteiger partial charge >= 0.3 is 0 Å². The predicted molar refractivity (Wildman–Crippen MR) is 102 cm³/mol. The van der Waals surface area contributed by atoms with Crippen LogP contribution in [0, 0.1) is 5.41 Å². The number of likely N-dealkylation sites (tertiary alicyclic amines) is 2. The van der Waals surface area contributed by atoms with Crippen molar-refractivity contribution in [1.82, 2.24) is 19.4 Å². The van der Waals surface area contributed by atoms with Crippen molar-refractivity contribution < 1.29 is 9.53 Å². The van der Waals surface area contributed by atoms with E-state index in [-0.39, 0.29) is 5.41 Å². The quantitative estimate of drug-likeness (QED) is 0.667. The molecule has 6 heteroatoms. The van der Waals surface area contributed by atoms with Gasteiger partial charge in [-0.3, -0.25) is 9.69 Å². The third-order valence-corrected chi connectivity index (χ3v) is 5.90. The van der Waals surface area contributed by atoms with Gasteiger partial charge in [0, 0.05) is 64.1 Å². The summed E-state index contributed by atoms with van der Waals surface area (Å²) in [7, 11) is 1.72. The Morgan fingerprint density at radius 1 is 1.27 bits per heavy atom. The highest BCUT2D eigenvalue weighted by Gasteiger charge is 2.41. The van der Waals surface area contributed by atoms with Crippen molar-refractivity contribution in [3.63, 3.8) is 0 Å². The minimum Gasteiger partial charge on any atom is -0.385 e. The Kier molecular flexibility index (Phi) is 6.70. The number of hydrogen-bond donors (Lipinski definition) is 0. The van der Waals surface area contributed by atoms with E-state index >= 15 is 0 Å². The molecular weight excluding hydrogens is 328 g/mol. The number of amides is 1. The second-order valence-electron chi connectivity index (χ2n) is 8.01. The van der Waals surface area contributed by atoms with Crippen LogP contribution in [-0.2, 0) is 22.6 Å². The zero-order valence-electron chi connectivity index (χ0n) is 16.5. The maximum absolute atomic E-state index is 12.3. The summed E-state index contributed by atoms with van der Waals surface area (Å²) in [5, 5.41) is 0. The maximum atomic E-state index is 12.3. The highest BCUT2D eigenvalue weighted by molar-refractivity contribution is 5.77. The number of rotatable bonds is 8. The van der Waals surface area contributed by atoms with Crippen LogP contribution in [0.1, 0.15) is 51.3 Å². The number of aromatic nitrogens is 2. The number of imidazole rings is 1. The lowest BCUT2D eigenvalue weighted by Crippen LogP contribution is -2.54. The fourth-order valence-electron chi connectivity index (χ4n) is 4.62. The molecule has 1 atom stereocenters. The zero-order chi connectivity index (χ0) is 18.4. The standard InChI is InChI=1S/C20H34N4O2/c1-3-10-23-13-9-21-18(23)15-22-11-4-7-20(16-22)8-6-19(25)24(17-20)12-5-14-26-2/h9,13H,3-8,10-12,14-17H2,1-2H3/t20-/m1/s1. The molecule has 0 radical (unpaired) electrons. The summed E-state index contributed by atoms with van der Waals surface area (Å²) in [4.78, 5) is 21.6. The van der Waals surface area contributed by atoms with Gasteiger partial charge in [-0.25, -0.2) is 4.98 Å². The van der Waals surface area contributed by atoms with Crippen LogP contribution in [0.15, 0.2) is 12.4 Å². The Morgan fingerprint density at radius 2 is 2.15 bits per heavy atom. The molecule has 0 bridgehead atoms. The number of ether oxygens (including phenoxy) is 1. The minimum absolute atomic E-state index is 0.265. The Labute approximate surface area is 157 Å². The fraction of sp³-hybridized carbons (Fsp3) is 0.800. The molecule has 3 rings (SSSR count). The van der Waals surface area contributed by atoms with E-state index in [4.69, 9.17) is 4.74 Å². The van der Waals surface area contributed by atoms with Gasteiger partial charge in [-0.2, -0.15) is 0 Å². The lowest BCUT2D eigenvalue weighted by Gasteiger charge is -2.48. The van der Waals surface area contributed by atoms with Crippen molar-refractivity contribution in [2.75, 3.05) is 39.9 Å². The molecule has 2 fully saturated rings. The summed E-state index contributed by atoms with van der Waals surface area (Å²) in [5.74, 6) is 1.50. The molecule has 2 aliphatic heterocycles. The molecule has 3 heterocycles. The first-order valence-corrected chi connectivity index (χ1v) is 10.1. The highest BCUT2D eigenvalue weighted by atomic mass is 16.5. The van der Waals surface area contributed by atoms with Gasteiger partial charge in [0.1, 0.15) is 5.82 Å². The first kappa shape index (κ1) is 19.4. The lowest BCUT2D eigenvalue weighted by atomic mass is 9.73. The van der Waals surface area contributed by atoms with E-state index in [0.717, 1.165) is 65.1 Å². The fourth-order valence-corrected chi connectivity index (χ4v) is 4.62. The topological polar surface area (TPSA) is 50.6 Å². The van der Waals surface area contributed by atoms with Gasteiger partial charge in [-0.15, -0.1) is 0 Å². The maximum Gasteiger partial charge on any atom is 0.222 e. The molecule has 1 aromatic rings. The highest BCUT2D eigenvalue weighted by Crippen LogP contribution is 2.39. The van der Waals surface area contributed by atoms with E-state index in [1.165, 1.54) is 18.7 Å². The van der Waals surface area contributed by atoms with Crippen molar-refractivity contribution in [3.8, 4) is 0 Å². The number of hydrogen-bond acceptors (Lipinski definition) is 4. The number of piperidine rings is 2. The molecular formula is C20H34N4O2. The second-order valence-corrected chi connectivity index (χ2v) is 8.01. The van der Waals surface area contributed by atoms with E-state index in [0.29, 0.717) is 12.3 Å². The van der Waals surface area contributed by atoms with Crippen molar-refractivity contribution in [2.45, 2.75) is 58.5 Å². The normalized spacial score (nSPS) is 24.5. The smallest absolute Gasteiger partial charge is 0.222 e. The number of methoxy groups -OCH3 is 1. The average Bonchev–Trinajstić information content (AvgIpc) is 3.06. The first-order valence-electron chi connectivity index (χ1n) is 10.1. The molecule has 0 aromatic carbocycles. The van der Waals surface area contributed by atoms with Gasteiger partial charge in [0.2, 0.25) is 5.91 Å². The van der Waals surface area contributed by atoms with Crippen LogP contribution in [0.4, 0.5) is 0 Å². The van der Waals surface area contributed by atoms with Gasteiger partial charge in [-0.1, -0.05) is 6.92 Å². The van der Waals surface area contributed by atoms with Crippen molar-refractivity contribution in [1.29, 1.82) is 0 Å².